The van der Waals surface area contributed by atoms with Crippen molar-refractivity contribution in [3.8, 4) is 0 Å². The molecule has 0 aromatic carbocycles. The topological polar surface area (TPSA) is 29.5 Å². The molecule has 0 unspecified atom stereocenters. The first-order valence-corrected chi connectivity index (χ1v) is 4.77. The molecule has 0 bridgehead atoms. The predicted octanol–water partition coefficient (Wildman–Crippen LogP) is 2.45. The Hall–Kier alpha value is -0.875. The number of carbonyl (C=O) groups is 1. The van der Waals surface area contributed by atoms with Crippen molar-refractivity contribution in [1.29, 1.82) is 0 Å². The first-order chi connectivity index (χ1) is 6.59. The van der Waals surface area contributed by atoms with E-state index in [2.05, 4.69) is 0 Å². The van der Waals surface area contributed by atoms with Crippen molar-refractivity contribution in [2.24, 2.45) is 0 Å². The van der Waals surface area contributed by atoms with Gasteiger partial charge in [-0.3, -0.25) is 0 Å². The summed E-state index contributed by atoms with van der Waals surface area (Å²) in [6.45, 7) is -0.323. The highest BCUT2D eigenvalue weighted by Gasteiger charge is 2.45. The van der Waals surface area contributed by atoms with Gasteiger partial charge in [-0.15, -0.1) is 0 Å². The van der Waals surface area contributed by atoms with Crippen LogP contribution in [0.1, 0.15) is 20.8 Å². The number of amides is 1. The molecular weight excluding hydrogens is 210 g/mol. The lowest BCUT2D eigenvalue weighted by molar-refractivity contribution is 0.0107. The molecule has 0 aromatic heterocycles. The number of likely N-dealkylation sites (tertiary alicyclic amines) is 1. The summed E-state index contributed by atoms with van der Waals surface area (Å²) in [5.41, 5.74) is -0.661. The van der Waals surface area contributed by atoms with Crippen LogP contribution in [0.15, 0.2) is 0 Å². The SMILES string of the molecule is CC(C)(C)OC(=O)N1CC([B-](F)(F)F)C1. The van der Waals surface area contributed by atoms with Crippen molar-refractivity contribution >= 4 is 13.1 Å². The molecule has 88 valence electrons. The fourth-order valence-electron chi connectivity index (χ4n) is 1.23. The minimum atomic E-state index is -4.82. The third kappa shape index (κ3) is 3.32. The zero-order valence-electron chi connectivity index (χ0n) is 8.97. The summed E-state index contributed by atoms with van der Waals surface area (Å²) < 4.78 is 41.4. The van der Waals surface area contributed by atoms with E-state index < -0.39 is 24.5 Å². The summed E-state index contributed by atoms with van der Waals surface area (Å²) in [5, 5.41) is 0. The van der Waals surface area contributed by atoms with Gasteiger partial charge in [0.05, 0.1) is 0 Å². The molecule has 0 N–H and O–H groups in total. The molecule has 0 aromatic rings. The summed E-state index contributed by atoms with van der Waals surface area (Å²) >= 11 is 0. The number of rotatable bonds is 1. The summed E-state index contributed by atoms with van der Waals surface area (Å²) in [7, 11) is 0. The molecule has 1 heterocycles. The van der Waals surface area contributed by atoms with Crippen molar-refractivity contribution < 1.29 is 22.5 Å². The second-order valence-electron chi connectivity index (χ2n) is 4.77. The molecule has 0 spiro atoms. The van der Waals surface area contributed by atoms with E-state index in [-0.39, 0.29) is 13.1 Å². The van der Waals surface area contributed by atoms with Gasteiger partial charge in [0, 0.05) is 13.1 Å². The molecule has 7 heteroatoms. The van der Waals surface area contributed by atoms with Crippen LogP contribution in [0.25, 0.3) is 0 Å². The van der Waals surface area contributed by atoms with E-state index in [0.29, 0.717) is 0 Å². The quantitative estimate of drug-likeness (QED) is 0.640. The van der Waals surface area contributed by atoms with Crippen molar-refractivity contribution in [2.75, 3.05) is 13.1 Å². The molecule has 0 radical (unpaired) electrons. The first-order valence-electron chi connectivity index (χ1n) is 4.77. The fourth-order valence-corrected chi connectivity index (χ4v) is 1.23. The maximum Gasteiger partial charge on any atom is 0.484 e. The third-order valence-electron chi connectivity index (χ3n) is 2.10. The summed E-state index contributed by atoms with van der Waals surface area (Å²) in [6, 6.07) is 0. The van der Waals surface area contributed by atoms with E-state index in [1.165, 1.54) is 0 Å². The van der Waals surface area contributed by atoms with E-state index in [4.69, 9.17) is 4.74 Å². The number of nitrogens with zero attached hydrogens (tertiary/aromatic N) is 1. The molecule has 1 rings (SSSR count). The predicted molar refractivity (Wildman–Crippen MR) is 50.6 cm³/mol. The average Bonchev–Trinajstić information content (AvgIpc) is 1.72. The largest absolute Gasteiger partial charge is 0.484 e. The molecular formula is C8H14BF3NO2-. The van der Waals surface area contributed by atoms with Crippen LogP contribution in [0.5, 0.6) is 0 Å². The average molecular weight is 224 g/mol. The summed E-state index contributed by atoms with van der Waals surface area (Å²) in [5.74, 6) is -1.34. The van der Waals surface area contributed by atoms with E-state index >= 15 is 0 Å². The normalized spacial score (nSPS) is 18.7. The van der Waals surface area contributed by atoms with Crippen molar-refractivity contribution in [3.05, 3.63) is 0 Å². The number of hydrogen-bond donors (Lipinski definition) is 0. The molecule has 1 aliphatic heterocycles. The fraction of sp³-hybridized carbons (Fsp3) is 0.875. The number of ether oxygens (including phenoxy) is 1. The van der Waals surface area contributed by atoms with Gasteiger partial charge in [-0.2, -0.15) is 0 Å². The van der Waals surface area contributed by atoms with Crippen LogP contribution >= 0.6 is 0 Å². The Morgan fingerprint density at radius 3 is 2.13 bits per heavy atom. The lowest BCUT2D eigenvalue weighted by atomic mass is 9.68. The number of halogens is 3. The molecule has 1 saturated heterocycles. The molecule has 1 amide bonds. The molecule has 15 heavy (non-hydrogen) atoms. The van der Waals surface area contributed by atoms with Gasteiger partial charge in [-0.05, 0) is 26.6 Å². The van der Waals surface area contributed by atoms with Crippen molar-refractivity contribution in [2.45, 2.75) is 32.2 Å². The first kappa shape index (κ1) is 12.2. The van der Waals surface area contributed by atoms with Gasteiger partial charge in [0.2, 0.25) is 0 Å². The van der Waals surface area contributed by atoms with Gasteiger partial charge in [-0.1, -0.05) is 0 Å². The maximum absolute atomic E-state index is 12.2. The Morgan fingerprint density at radius 1 is 1.33 bits per heavy atom. The Morgan fingerprint density at radius 2 is 1.80 bits per heavy atom. The van der Waals surface area contributed by atoms with Gasteiger partial charge in [-0.25, -0.2) is 4.79 Å². The summed E-state index contributed by atoms with van der Waals surface area (Å²) in [6.07, 6.45) is -0.668. The van der Waals surface area contributed by atoms with Crippen LogP contribution in [0.3, 0.4) is 0 Å². The summed E-state index contributed by atoms with van der Waals surface area (Å²) in [4.78, 5) is 12.3. The zero-order valence-corrected chi connectivity index (χ0v) is 8.97. The Bertz CT molecular complexity index is 256. The van der Waals surface area contributed by atoms with Crippen LogP contribution in [0.4, 0.5) is 17.7 Å². The highest BCUT2D eigenvalue weighted by atomic mass is 19.4. The number of hydrogen-bond acceptors (Lipinski definition) is 2. The number of carbonyl (C=O) groups excluding carboxylic acids is 1. The second kappa shape index (κ2) is 3.61. The second-order valence-corrected chi connectivity index (χ2v) is 4.77. The molecule has 0 saturated carbocycles. The minimum absolute atomic E-state index is 0.265. The Balaban J connectivity index is 2.37. The van der Waals surface area contributed by atoms with Crippen LogP contribution in [0.2, 0.25) is 5.82 Å². The molecule has 0 aliphatic carbocycles. The van der Waals surface area contributed by atoms with Crippen molar-refractivity contribution in [1.82, 2.24) is 4.90 Å². The standard InChI is InChI=1S/C8H14BF3NO2/c1-8(2,3)15-7(14)13-4-6(5-13)9(10,11)12/h6H,4-5H2,1-3H3/q-1. The molecule has 1 aliphatic rings. The maximum atomic E-state index is 12.2. The van der Waals surface area contributed by atoms with Gasteiger partial charge in [0.15, 0.2) is 0 Å². The van der Waals surface area contributed by atoms with Gasteiger partial charge >= 0.3 is 13.1 Å². The van der Waals surface area contributed by atoms with Gasteiger partial charge in [0.1, 0.15) is 5.60 Å². The minimum Gasteiger partial charge on any atom is -0.449 e. The highest BCUT2D eigenvalue weighted by Crippen LogP contribution is 2.35. The lowest BCUT2D eigenvalue weighted by Gasteiger charge is -2.44. The lowest BCUT2D eigenvalue weighted by Crippen LogP contribution is -2.54. The Kier molecular flexibility index (Phi) is 2.93. The monoisotopic (exact) mass is 224 g/mol. The van der Waals surface area contributed by atoms with E-state index in [1.54, 1.807) is 20.8 Å². The molecule has 0 atom stereocenters. The van der Waals surface area contributed by atoms with E-state index in [0.717, 1.165) is 4.90 Å². The zero-order chi connectivity index (χ0) is 11.9. The van der Waals surface area contributed by atoms with Crippen LogP contribution in [0, 0.1) is 0 Å². The van der Waals surface area contributed by atoms with Crippen LogP contribution < -0.4 is 0 Å². The van der Waals surface area contributed by atoms with E-state index in [9.17, 15) is 17.7 Å². The molecule has 3 nitrogen and oxygen atoms in total. The van der Waals surface area contributed by atoms with Crippen LogP contribution in [-0.4, -0.2) is 36.7 Å². The van der Waals surface area contributed by atoms with Crippen molar-refractivity contribution in [3.63, 3.8) is 0 Å². The van der Waals surface area contributed by atoms with Gasteiger partial charge < -0.3 is 22.6 Å². The van der Waals surface area contributed by atoms with Gasteiger partial charge in [0.25, 0.3) is 0 Å². The molecule has 1 fully saturated rings. The van der Waals surface area contributed by atoms with E-state index in [1.807, 2.05) is 0 Å². The highest BCUT2D eigenvalue weighted by molar-refractivity contribution is 6.60. The van der Waals surface area contributed by atoms with Crippen LogP contribution in [-0.2, 0) is 4.74 Å². The smallest absolute Gasteiger partial charge is 0.449 e. The Labute approximate surface area is 86.6 Å². The third-order valence-corrected chi connectivity index (χ3v) is 2.10.